The van der Waals surface area contributed by atoms with Crippen LogP contribution in [0.1, 0.15) is 37.7 Å². The highest BCUT2D eigenvalue weighted by atomic mass is 16.1. The Hall–Kier alpha value is -1.35. The van der Waals surface area contributed by atoms with Crippen molar-refractivity contribution >= 4 is 11.6 Å². The van der Waals surface area contributed by atoms with Crippen LogP contribution in [0.5, 0.6) is 0 Å². The van der Waals surface area contributed by atoms with Gasteiger partial charge in [-0.2, -0.15) is 0 Å². The summed E-state index contributed by atoms with van der Waals surface area (Å²) in [6, 6.07) is 8.53. The number of nitrogens with one attached hydrogen (secondary N) is 1. The van der Waals surface area contributed by atoms with E-state index in [4.69, 9.17) is 0 Å². The first kappa shape index (κ1) is 14.1. The Kier molecular flexibility index (Phi) is 4.97. The minimum atomic E-state index is 0.128. The molecule has 1 unspecified atom stereocenters. The number of carbonyl (C=O) groups is 1. The van der Waals surface area contributed by atoms with Crippen LogP contribution in [0.3, 0.4) is 0 Å². The normalized spacial score (nSPS) is 20.2. The highest BCUT2D eigenvalue weighted by molar-refractivity contribution is 5.90. The quantitative estimate of drug-likeness (QED) is 0.901. The Balaban J connectivity index is 1.76. The molecule has 1 aromatic rings. The standard InChI is InChI=1S/C16H24N2O/c1-13-6-8-14(9-7-13)17-16(19)11-10-15-5-3-4-12-18(15)2/h6-9,15H,3-5,10-12H2,1-2H3,(H,17,19). The van der Waals surface area contributed by atoms with E-state index in [2.05, 4.69) is 17.3 Å². The maximum Gasteiger partial charge on any atom is 0.224 e. The summed E-state index contributed by atoms with van der Waals surface area (Å²) < 4.78 is 0. The van der Waals surface area contributed by atoms with Gasteiger partial charge in [-0.05, 0) is 51.9 Å². The average Bonchev–Trinajstić information content (AvgIpc) is 2.40. The van der Waals surface area contributed by atoms with Gasteiger partial charge in [-0.25, -0.2) is 0 Å². The van der Waals surface area contributed by atoms with Gasteiger partial charge in [0.15, 0.2) is 0 Å². The van der Waals surface area contributed by atoms with E-state index in [0.717, 1.165) is 12.1 Å². The Morgan fingerprint density at radius 1 is 1.32 bits per heavy atom. The molecule has 1 heterocycles. The molecule has 1 saturated heterocycles. The molecule has 3 nitrogen and oxygen atoms in total. The van der Waals surface area contributed by atoms with Gasteiger partial charge in [0.05, 0.1) is 0 Å². The molecule has 1 fully saturated rings. The number of nitrogens with zero attached hydrogens (tertiary/aromatic N) is 1. The predicted molar refractivity (Wildman–Crippen MR) is 79.3 cm³/mol. The maximum absolute atomic E-state index is 11.9. The summed E-state index contributed by atoms with van der Waals surface area (Å²) in [6.07, 6.45) is 5.41. The van der Waals surface area contributed by atoms with Crippen molar-refractivity contribution in [3.63, 3.8) is 0 Å². The monoisotopic (exact) mass is 260 g/mol. The van der Waals surface area contributed by atoms with Crippen molar-refractivity contribution in [3.8, 4) is 0 Å². The van der Waals surface area contributed by atoms with Crippen molar-refractivity contribution in [2.45, 2.75) is 45.1 Å². The van der Waals surface area contributed by atoms with Crippen molar-refractivity contribution in [1.82, 2.24) is 4.90 Å². The van der Waals surface area contributed by atoms with Gasteiger partial charge in [-0.3, -0.25) is 4.79 Å². The Bertz CT molecular complexity index is 413. The number of rotatable bonds is 4. The SMILES string of the molecule is Cc1ccc(NC(=O)CCC2CCCCN2C)cc1. The van der Waals surface area contributed by atoms with Gasteiger partial charge in [0.2, 0.25) is 5.91 Å². The number of hydrogen-bond acceptors (Lipinski definition) is 2. The highest BCUT2D eigenvalue weighted by Gasteiger charge is 2.19. The second-order valence-electron chi connectivity index (χ2n) is 5.58. The van der Waals surface area contributed by atoms with Crippen LogP contribution in [0.15, 0.2) is 24.3 Å². The van der Waals surface area contributed by atoms with E-state index in [1.807, 2.05) is 31.2 Å². The van der Waals surface area contributed by atoms with Crippen LogP contribution < -0.4 is 5.32 Å². The van der Waals surface area contributed by atoms with Crippen LogP contribution in [0.25, 0.3) is 0 Å². The van der Waals surface area contributed by atoms with Gasteiger partial charge in [-0.15, -0.1) is 0 Å². The number of carbonyl (C=O) groups excluding carboxylic acids is 1. The molecule has 1 atom stereocenters. The topological polar surface area (TPSA) is 32.3 Å². The van der Waals surface area contributed by atoms with E-state index in [9.17, 15) is 4.79 Å². The third-order valence-corrected chi connectivity index (χ3v) is 3.96. The fourth-order valence-electron chi connectivity index (χ4n) is 2.67. The molecule has 0 radical (unpaired) electrons. The molecule has 1 amide bonds. The summed E-state index contributed by atoms with van der Waals surface area (Å²) in [7, 11) is 2.17. The van der Waals surface area contributed by atoms with E-state index >= 15 is 0 Å². The van der Waals surface area contributed by atoms with Gasteiger partial charge < -0.3 is 10.2 Å². The molecule has 19 heavy (non-hydrogen) atoms. The summed E-state index contributed by atoms with van der Waals surface area (Å²) in [5, 5.41) is 2.97. The first-order chi connectivity index (χ1) is 9.15. The van der Waals surface area contributed by atoms with Crippen LogP contribution in [-0.4, -0.2) is 30.4 Å². The molecule has 1 aromatic carbocycles. The number of anilines is 1. The molecule has 0 bridgehead atoms. The molecular weight excluding hydrogens is 236 g/mol. The second kappa shape index (κ2) is 6.71. The summed E-state index contributed by atoms with van der Waals surface area (Å²) >= 11 is 0. The van der Waals surface area contributed by atoms with Crippen molar-refractivity contribution < 1.29 is 4.79 Å². The maximum atomic E-state index is 11.9. The second-order valence-corrected chi connectivity index (χ2v) is 5.58. The number of hydrogen-bond donors (Lipinski definition) is 1. The fraction of sp³-hybridized carbons (Fsp3) is 0.562. The molecule has 0 aromatic heterocycles. The third-order valence-electron chi connectivity index (χ3n) is 3.96. The Morgan fingerprint density at radius 2 is 2.05 bits per heavy atom. The van der Waals surface area contributed by atoms with E-state index in [0.29, 0.717) is 12.5 Å². The van der Waals surface area contributed by atoms with Gasteiger partial charge in [-0.1, -0.05) is 24.1 Å². The molecule has 1 N–H and O–H groups in total. The third kappa shape index (κ3) is 4.35. The zero-order valence-corrected chi connectivity index (χ0v) is 12.0. The van der Waals surface area contributed by atoms with Crippen molar-refractivity contribution in [3.05, 3.63) is 29.8 Å². The molecule has 3 heteroatoms. The van der Waals surface area contributed by atoms with E-state index in [1.165, 1.54) is 31.4 Å². The summed E-state index contributed by atoms with van der Waals surface area (Å²) in [5.74, 6) is 0.128. The molecular formula is C16H24N2O. The first-order valence-electron chi connectivity index (χ1n) is 7.22. The zero-order valence-electron chi connectivity index (χ0n) is 12.0. The van der Waals surface area contributed by atoms with Crippen molar-refractivity contribution in [1.29, 1.82) is 0 Å². The van der Waals surface area contributed by atoms with Crippen LogP contribution in [-0.2, 0) is 4.79 Å². The van der Waals surface area contributed by atoms with Crippen LogP contribution >= 0.6 is 0 Å². The van der Waals surface area contributed by atoms with Crippen LogP contribution in [0, 0.1) is 6.92 Å². The lowest BCUT2D eigenvalue weighted by Gasteiger charge is -2.32. The lowest BCUT2D eigenvalue weighted by Crippen LogP contribution is -2.36. The summed E-state index contributed by atoms with van der Waals surface area (Å²) in [4.78, 5) is 14.3. The van der Waals surface area contributed by atoms with Gasteiger partial charge in [0.1, 0.15) is 0 Å². The molecule has 0 spiro atoms. The number of benzene rings is 1. The highest BCUT2D eigenvalue weighted by Crippen LogP contribution is 2.19. The molecule has 104 valence electrons. The number of piperidine rings is 1. The molecule has 1 aliphatic rings. The molecule has 0 aliphatic carbocycles. The van der Waals surface area contributed by atoms with Crippen molar-refractivity contribution in [2.24, 2.45) is 0 Å². The smallest absolute Gasteiger partial charge is 0.224 e. The van der Waals surface area contributed by atoms with Crippen molar-refractivity contribution in [2.75, 3.05) is 18.9 Å². The lowest BCUT2D eigenvalue weighted by atomic mass is 9.98. The van der Waals surface area contributed by atoms with E-state index in [-0.39, 0.29) is 5.91 Å². The Morgan fingerprint density at radius 3 is 2.74 bits per heavy atom. The number of amides is 1. The molecule has 1 aliphatic heterocycles. The van der Waals surface area contributed by atoms with Gasteiger partial charge in [0, 0.05) is 18.2 Å². The van der Waals surface area contributed by atoms with Gasteiger partial charge >= 0.3 is 0 Å². The van der Waals surface area contributed by atoms with Crippen LogP contribution in [0.4, 0.5) is 5.69 Å². The minimum Gasteiger partial charge on any atom is -0.326 e. The number of aryl methyl sites for hydroxylation is 1. The summed E-state index contributed by atoms with van der Waals surface area (Å²) in [5.41, 5.74) is 2.11. The first-order valence-corrected chi connectivity index (χ1v) is 7.22. The average molecular weight is 260 g/mol. The van der Waals surface area contributed by atoms with Gasteiger partial charge in [0.25, 0.3) is 0 Å². The number of likely N-dealkylation sites (tertiary alicyclic amines) is 1. The zero-order chi connectivity index (χ0) is 13.7. The Labute approximate surface area is 116 Å². The largest absolute Gasteiger partial charge is 0.326 e. The van der Waals surface area contributed by atoms with E-state index in [1.54, 1.807) is 0 Å². The molecule has 0 saturated carbocycles. The lowest BCUT2D eigenvalue weighted by molar-refractivity contribution is -0.116. The van der Waals surface area contributed by atoms with Crippen LogP contribution in [0.2, 0.25) is 0 Å². The predicted octanol–water partition coefficient (Wildman–Crippen LogP) is 3.20. The minimum absolute atomic E-state index is 0.128. The summed E-state index contributed by atoms with van der Waals surface area (Å²) in [6.45, 7) is 3.22. The molecule has 2 rings (SSSR count). The van der Waals surface area contributed by atoms with E-state index < -0.39 is 0 Å². The fourth-order valence-corrected chi connectivity index (χ4v) is 2.67.